The molecule has 0 fully saturated rings. The summed E-state index contributed by atoms with van der Waals surface area (Å²) >= 11 is 0. The van der Waals surface area contributed by atoms with Crippen molar-refractivity contribution in [3.63, 3.8) is 0 Å². The van der Waals surface area contributed by atoms with Gasteiger partial charge >= 0.3 is 0 Å². The van der Waals surface area contributed by atoms with Crippen molar-refractivity contribution >= 4 is 5.96 Å². The van der Waals surface area contributed by atoms with Crippen molar-refractivity contribution in [2.45, 2.75) is 13.2 Å². The molecule has 0 bridgehead atoms. The van der Waals surface area contributed by atoms with Gasteiger partial charge in [0, 0.05) is 19.2 Å². The zero-order valence-corrected chi connectivity index (χ0v) is 8.50. The Hall–Kier alpha value is -1.62. The highest BCUT2D eigenvalue weighted by atomic mass is 19.1. The summed E-state index contributed by atoms with van der Waals surface area (Å²) in [6.45, 7) is 0.146. The highest BCUT2D eigenvalue weighted by Gasteiger charge is 2.02. The molecule has 1 aromatic carbocycles. The van der Waals surface area contributed by atoms with Crippen LogP contribution < -0.4 is 11.1 Å². The molecule has 0 aliphatic carbocycles. The van der Waals surface area contributed by atoms with Crippen LogP contribution in [-0.2, 0) is 13.2 Å². The maximum atomic E-state index is 13.0. The molecule has 15 heavy (non-hydrogen) atoms. The second kappa shape index (κ2) is 5.31. The second-order valence-corrected chi connectivity index (χ2v) is 3.05. The summed E-state index contributed by atoms with van der Waals surface area (Å²) in [6, 6.07) is 4.54. The topological polar surface area (TPSA) is 70.6 Å². The molecule has 0 aromatic heterocycles. The molecular weight excluding hydrogens is 197 g/mol. The first kappa shape index (κ1) is 11.5. The van der Waals surface area contributed by atoms with Gasteiger partial charge in [-0.25, -0.2) is 4.39 Å². The monoisotopic (exact) mass is 211 g/mol. The van der Waals surface area contributed by atoms with E-state index < -0.39 is 5.82 Å². The van der Waals surface area contributed by atoms with Crippen LogP contribution in [0.3, 0.4) is 0 Å². The largest absolute Gasteiger partial charge is 0.392 e. The number of nitrogens with two attached hydrogens (primary N) is 1. The molecule has 0 atom stereocenters. The number of aliphatic imine (C=N–C) groups is 1. The minimum atomic E-state index is -0.404. The third kappa shape index (κ3) is 3.21. The number of hydrogen-bond acceptors (Lipinski definition) is 2. The van der Waals surface area contributed by atoms with Crippen LogP contribution in [0.1, 0.15) is 11.1 Å². The Balaban J connectivity index is 2.70. The zero-order valence-electron chi connectivity index (χ0n) is 8.50. The van der Waals surface area contributed by atoms with Gasteiger partial charge in [0.05, 0.1) is 6.61 Å². The lowest BCUT2D eigenvalue weighted by molar-refractivity contribution is 0.275. The number of guanidine groups is 1. The first-order valence-corrected chi connectivity index (χ1v) is 4.51. The van der Waals surface area contributed by atoms with Crippen LogP contribution in [0.5, 0.6) is 0 Å². The lowest BCUT2D eigenvalue weighted by atomic mass is 10.1. The van der Waals surface area contributed by atoms with E-state index in [-0.39, 0.29) is 12.2 Å². The van der Waals surface area contributed by atoms with E-state index >= 15 is 0 Å². The van der Waals surface area contributed by atoms with Gasteiger partial charge in [-0.3, -0.25) is 4.99 Å². The average molecular weight is 211 g/mol. The molecule has 1 rings (SSSR count). The van der Waals surface area contributed by atoms with Gasteiger partial charge in [0.15, 0.2) is 5.96 Å². The van der Waals surface area contributed by atoms with E-state index in [9.17, 15) is 4.39 Å². The summed E-state index contributed by atoms with van der Waals surface area (Å²) in [6.07, 6.45) is 0. The summed E-state index contributed by atoms with van der Waals surface area (Å²) in [5.41, 5.74) is 6.56. The molecule has 0 aliphatic heterocycles. The Morgan fingerprint density at radius 2 is 2.33 bits per heavy atom. The Kier molecular flexibility index (Phi) is 4.05. The number of nitrogens with one attached hydrogen (secondary N) is 1. The fourth-order valence-electron chi connectivity index (χ4n) is 1.13. The van der Waals surface area contributed by atoms with Crippen molar-refractivity contribution in [2.75, 3.05) is 7.05 Å². The molecule has 0 amide bonds. The quantitative estimate of drug-likeness (QED) is 0.499. The van der Waals surface area contributed by atoms with Gasteiger partial charge in [-0.15, -0.1) is 0 Å². The Bertz CT molecular complexity index is 366. The number of nitrogens with zero attached hydrogens (tertiary/aromatic N) is 1. The molecule has 0 saturated carbocycles. The van der Waals surface area contributed by atoms with Crippen LogP contribution in [-0.4, -0.2) is 18.1 Å². The molecule has 0 aliphatic rings. The van der Waals surface area contributed by atoms with E-state index in [2.05, 4.69) is 10.3 Å². The average Bonchev–Trinajstić information content (AvgIpc) is 2.27. The van der Waals surface area contributed by atoms with Crippen molar-refractivity contribution < 1.29 is 9.50 Å². The van der Waals surface area contributed by atoms with Gasteiger partial charge in [0.25, 0.3) is 0 Å². The molecule has 0 spiro atoms. The van der Waals surface area contributed by atoms with E-state index in [1.54, 1.807) is 19.2 Å². The van der Waals surface area contributed by atoms with Gasteiger partial charge in [-0.05, 0) is 17.7 Å². The first-order chi connectivity index (χ1) is 7.17. The molecular formula is C10H14FN3O. The van der Waals surface area contributed by atoms with Crippen molar-refractivity contribution in [3.8, 4) is 0 Å². The molecule has 0 heterocycles. The SMILES string of the molecule is CN=C(N)NCc1ccc(F)c(CO)c1. The number of halogens is 1. The summed E-state index contributed by atoms with van der Waals surface area (Å²) in [5, 5.41) is 11.7. The number of aliphatic hydroxyl groups is 1. The minimum Gasteiger partial charge on any atom is -0.392 e. The second-order valence-electron chi connectivity index (χ2n) is 3.05. The molecule has 0 radical (unpaired) electrons. The van der Waals surface area contributed by atoms with E-state index in [1.807, 2.05) is 0 Å². The van der Waals surface area contributed by atoms with Crippen LogP contribution >= 0.6 is 0 Å². The minimum absolute atomic E-state index is 0.279. The third-order valence-corrected chi connectivity index (χ3v) is 2.00. The first-order valence-electron chi connectivity index (χ1n) is 4.51. The Morgan fingerprint density at radius 3 is 2.93 bits per heavy atom. The molecule has 0 unspecified atom stereocenters. The van der Waals surface area contributed by atoms with E-state index in [0.29, 0.717) is 12.5 Å². The van der Waals surface area contributed by atoms with Crippen molar-refractivity contribution in [3.05, 3.63) is 35.1 Å². The van der Waals surface area contributed by atoms with Gasteiger partial charge in [0.2, 0.25) is 0 Å². The fraction of sp³-hybridized carbons (Fsp3) is 0.300. The fourth-order valence-corrected chi connectivity index (χ4v) is 1.13. The lowest BCUT2D eigenvalue weighted by Crippen LogP contribution is -2.30. The number of rotatable bonds is 3. The molecule has 4 N–H and O–H groups in total. The van der Waals surface area contributed by atoms with Gasteiger partial charge in [-0.1, -0.05) is 6.07 Å². The molecule has 1 aromatic rings. The van der Waals surface area contributed by atoms with Crippen molar-refractivity contribution in [2.24, 2.45) is 10.7 Å². The molecule has 0 saturated heterocycles. The van der Waals surface area contributed by atoms with E-state index in [4.69, 9.17) is 10.8 Å². The van der Waals surface area contributed by atoms with Crippen molar-refractivity contribution in [1.82, 2.24) is 5.32 Å². The smallest absolute Gasteiger partial charge is 0.188 e. The van der Waals surface area contributed by atoms with E-state index in [1.165, 1.54) is 6.07 Å². The van der Waals surface area contributed by atoms with Gasteiger partial charge in [0.1, 0.15) is 5.82 Å². The van der Waals surface area contributed by atoms with Crippen LogP contribution in [0.15, 0.2) is 23.2 Å². The normalized spacial score (nSPS) is 11.5. The Morgan fingerprint density at radius 1 is 1.60 bits per heavy atom. The van der Waals surface area contributed by atoms with Crippen LogP contribution in [0.25, 0.3) is 0 Å². The Labute approximate surface area is 87.6 Å². The highest BCUT2D eigenvalue weighted by Crippen LogP contribution is 2.10. The van der Waals surface area contributed by atoms with Crippen LogP contribution in [0.4, 0.5) is 4.39 Å². The summed E-state index contributed by atoms with van der Waals surface area (Å²) in [4.78, 5) is 3.72. The number of hydrogen-bond donors (Lipinski definition) is 3. The maximum absolute atomic E-state index is 13.0. The molecule has 82 valence electrons. The van der Waals surface area contributed by atoms with Gasteiger partial charge < -0.3 is 16.2 Å². The van der Waals surface area contributed by atoms with Crippen LogP contribution in [0.2, 0.25) is 0 Å². The lowest BCUT2D eigenvalue weighted by Gasteiger charge is -2.06. The predicted molar refractivity (Wildman–Crippen MR) is 56.7 cm³/mol. The van der Waals surface area contributed by atoms with E-state index in [0.717, 1.165) is 5.56 Å². The van der Waals surface area contributed by atoms with Crippen molar-refractivity contribution in [1.29, 1.82) is 0 Å². The van der Waals surface area contributed by atoms with Crippen LogP contribution in [0, 0.1) is 5.82 Å². The highest BCUT2D eigenvalue weighted by molar-refractivity contribution is 5.77. The standard InChI is InChI=1S/C10H14FN3O/c1-13-10(12)14-5-7-2-3-9(11)8(4-7)6-15/h2-4,15H,5-6H2,1H3,(H3,12,13,14). The zero-order chi connectivity index (χ0) is 11.3. The maximum Gasteiger partial charge on any atom is 0.188 e. The summed E-state index contributed by atoms with van der Waals surface area (Å²) < 4.78 is 13.0. The number of benzene rings is 1. The molecule has 4 nitrogen and oxygen atoms in total. The summed E-state index contributed by atoms with van der Waals surface area (Å²) in [7, 11) is 1.58. The number of aliphatic hydroxyl groups excluding tert-OH is 1. The third-order valence-electron chi connectivity index (χ3n) is 2.00. The van der Waals surface area contributed by atoms with Gasteiger partial charge in [-0.2, -0.15) is 0 Å². The predicted octanol–water partition coefficient (Wildman–Crippen LogP) is 0.352. The summed E-state index contributed by atoms with van der Waals surface area (Å²) in [5.74, 6) is -0.0803. The molecule has 5 heteroatoms.